The van der Waals surface area contributed by atoms with Crippen molar-refractivity contribution >= 4 is 23.7 Å². The fraction of sp³-hybridized carbons (Fsp3) is 0.367. The van der Waals surface area contributed by atoms with Crippen LogP contribution in [0.5, 0.6) is 0 Å². The largest absolute Gasteiger partial charge is 0.330 e. The van der Waals surface area contributed by atoms with E-state index in [0.717, 1.165) is 28.9 Å². The maximum Gasteiger partial charge on any atom is 0.247 e. The van der Waals surface area contributed by atoms with Crippen molar-refractivity contribution in [1.29, 1.82) is 0 Å². The fourth-order valence-corrected chi connectivity index (χ4v) is 3.67. The summed E-state index contributed by atoms with van der Waals surface area (Å²) in [6.45, 7) is 13.0. The molecule has 1 aromatic heterocycles. The van der Waals surface area contributed by atoms with Gasteiger partial charge in [-0.2, -0.15) is 5.10 Å². The zero-order valence-corrected chi connectivity index (χ0v) is 22.3. The van der Waals surface area contributed by atoms with E-state index < -0.39 is 0 Å². The smallest absolute Gasteiger partial charge is 0.247 e. The molecule has 0 aliphatic carbocycles. The number of aryl methyl sites for hydroxylation is 1. The molecule has 2 amide bonds. The molecule has 0 atom stereocenters. The number of carbonyl (C=O) groups excluding carboxylic acids is 2. The molecule has 0 aliphatic rings. The van der Waals surface area contributed by atoms with Crippen molar-refractivity contribution in [2.75, 3.05) is 18.4 Å². The van der Waals surface area contributed by atoms with Gasteiger partial charge in [0.2, 0.25) is 11.8 Å². The molecule has 1 N–H and O–H groups in total. The molecule has 0 saturated carbocycles. The molecule has 6 heteroatoms. The van der Waals surface area contributed by atoms with Gasteiger partial charge < -0.3 is 10.2 Å². The molecule has 3 aromatic rings. The molecule has 190 valence electrons. The van der Waals surface area contributed by atoms with Gasteiger partial charge in [0, 0.05) is 24.1 Å². The van der Waals surface area contributed by atoms with Gasteiger partial charge in [0.05, 0.1) is 11.4 Å². The van der Waals surface area contributed by atoms with E-state index in [9.17, 15) is 9.59 Å². The molecule has 0 spiro atoms. The van der Waals surface area contributed by atoms with Crippen molar-refractivity contribution in [2.45, 2.75) is 53.4 Å². The van der Waals surface area contributed by atoms with Gasteiger partial charge in [-0.25, -0.2) is 4.68 Å². The second kappa shape index (κ2) is 11.8. The standard InChI is InChI=1S/C30H38N4O2/c1-22(2)17-18-33(29(36)16-15-24-12-8-7-9-13-24)21-28(35)31-27-20-26(30(4,5)6)32-34(27)25-14-10-11-23(3)19-25/h7-16,19-20,22H,17-18,21H2,1-6H3,(H,31,35)/b16-15+. The fourth-order valence-electron chi connectivity index (χ4n) is 3.67. The van der Waals surface area contributed by atoms with Crippen LogP contribution in [0, 0.1) is 12.8 Å². The summed E-state index contributed by atoms with van der Waals surface area (Å²) in [5, 5.41) is 7.80. The third-order valence-electron chi connectivity index (χ3n) is 5.83. The van der Waals surface area contributed by atoms with E-state index in [1.165, 1.54) is 6.08 Å². The minimum atomic E-state index is -0.255. The van der Waals surface area contributed by atoms with E-state index in [1.807, 2.05) is 67.6 Å². The lowest BCUT2D eigenvalue weighted by atomic mass is 9.92. The van der Waals surface area contributed by atoms with Crippen molar-refractivity contribution in [3.05, 3.63) is 83.6 Å². The number of rotatable bonds is 9. The zero-order valence-electron chi connectivity index (χ0n) is 22.3. The number of aromatic nitrogens is 2. The first-order valence-corrected chi connectivity index (χ1v) is 12.5. The quantitative estimate of drug-likeness (QED) is 0.377. The lowest BCUT2D eigenvalue weighted by Gasteiger charge is -2.22. The van der Waals surface area contributed by atoms with Gasteiger partial charge in [0.25, 0.3) is 0 Å². The molecule has 2 aromatic carbocycles. The van der Waals surface area contributed by atoms with E-state index in [2.05, 4.69) is 39.9 Å². The summed E-state index contributed by atoms with van der Waals surface area (Å²) < 4.78 is 1.76. The average Bonchev–Trinajstić information content (AvgIpc) is 3.25. The SMILES string of the molecule is Cc1cccc(-n2nc(C(C)(C)C)cc2NC(=O)CN(CCC(C)C)C(=O)/C=C/c2ccccc2)c1. The molecule has 0 fully saturated rings. The van der Waals surface area contributed by atoms with Gasteiger partial charge in [-0.1, -0.05) is 77.1 Å². The molecule has 0 saturated heterocycles. The summed E-state index contributed by atoms with van der Waals surface area (Å²) in [5.41, 5.74) is 3.61. The first-order chi connectivity index (χ1) is 17.0. The van der Waals surface area contributed by atoms with Crippen LogP contribution < -0.4 is 5.32 Å². The molecule has 3 rings (SSSR count). The highest BCUT2D eigenvalue weighted by Crippen LogP contribution is 2.26. The van der Waals surface area contributed by atoms with Crippen LogP contribution in [-0.2, 0) is 15.0 Å². The monoisotopic (exact) mass is 486 g/mol. The molecule has 1 heterocycles. The summed E-state index contributed by atoms with van der Waals surface area (Å²) in [5.74, 6) is 0.567. The van der Waals surface area contributed by atoms with Crippen molar-refractivity contribution in [3.8, 4) is 5.69 Å². The molecule has 36 heavy (non-hydrogen) atoms. The lowest BCUT2D eigenvalue weighted by Crippen LogP contribution is -2.38. The second-order valence-corrected chi connectivity index (χ2v) is 10.7. The molecule has 6 nitrogen and oxygen atoms in total. The Bertz CT molecular complexity index is 1200. The van der Waals surface area contributed by atoms with Crippen LogP contribution in [0.25, 0.3) is 11.8 Å². The topological polar surface area (TPSA) is 67.2 Å². The summed E-state index contributed by atoms with van der Waals surface area (Å²) in [6, 6.07) is 19.6. The van der Waals surface area contributed by atoms with Crippen molar-refractivity contribution in [2.24, 2.45) is 5.92 Å². The summed E-state index contributed by atoms with van der Waals surface area (Å²) in [4.78, 5) is 27.8. The molecule has 0 aliphatic heterocycles. The molecular weight excluding hydrogens is 448 g/mol. The average molecular weight is 487 g/mol. The van der Waals surface area contributed by atoms with Crippen LogP contribution in [0.4, 0.5) is 5.82 Å². The number of hydrogen-bond acceptors (Lipinski definition) is 3. The predicted octanol–water partition coefficient (Wildman–Crippen LogP) is 6.00. The Morgan fingerprint density at radius 3 is 2.42 bits per heavy atom. The van der Waals surface area contributed by atoms with Gasteiger partial charge in [-0.3, -0.25) is 9.59 Å². The van der Waals surface area contributed by atoms with Crippen LogP contribution in [0.15, 0.2) is 66.7 Å². The van der Waals surface area contributed by atoms with E-state index in [0.29, 0.717) is 18.3 Å². The Balaban J connectivity index is 1.81. The van der Waals surface area contributed by atoms with E-state index >= 15 is 0 Å². The number of amides is 2. The maximum absolute atomic E-state index is 13.2. The minimum Gasteiger partial charge on any atom is -0.330 e. The first-order valence-electron chi connectivity index (χ1n) is 12.5. The zero-order chi connectivity index (χ0) is 26.3. The first kappa shape index (κ1) is 26.9. The normalized spacial score (nSPS) is 11.8. The number of nitrogens with one attached hydrogen (secondary N) is 1. The van der Waals surface area contributed by atoms with Crippen LogP contribution in [0.1, 0.15) is 57.9 Å². The van der Waals surface area contributed by atoms with Crippen LogP contribution in [-0.4, -0.2) is 39.6 Å². The van der Waals surface area contributed by atoms with Crippen molar-refractivity contribution < 1.29 is 9.59 Å². The van der Waals surface area contributed by atoms with Crippen molar-refractivity contribution in [1.82, 2.24) is 14.7 Å². The van der Waals surface area contributed by atoms with Crippen LogP contribution in [0.3, 0.4) is 0 Å². The number of benzene rings is 2. The van der Waals surface area contributed by atoms with Gasteiger partial charge >= 0.3 is 0 Å². The highest BCUT2D eigenvalue weighted by molar-refractivity contribution is 5.97. The molecule has 0 radical (unpaired) electrons. The Labute approximate surface area is 215 Å². The van der Waals surface area contributed by atoms with Crippen LogP contribution in [0.2, 0.25) is 0 Å². The Hall–Kier alpha value is -3.67. The Kier molecular flexibility index (Phi) is 8.86. The number of anilines is 1. The highest BCUT2D eigenvalue weighted by atomic mass is 16.2. The van der Waals surface area contributed by atoms with Crippen molar-refractivity contribution in [3.63, 3.8) is 0 Å². The van der Waals surface area contributed by atoms with Gasteiger partial charge in [0.15, 0.2) is 0 Å². The lowest BCUT2D eigenvalue weighted by molar-refractivity contribution is -0.130. The minimum absolute atomic E-state index is 0.0332. The Morgan fingerprint density at radius 2 is 1.78 bits per heavy atom. The van der Waals surface area contributed by atoms with E-state index in [4.69, 9.17) is 5.10 Å². The summed E-state index contributed by atoms with van der Waals surface area (Å²) >= 11 is 0. The van der Waals surface area contributed by atoms with Gasteiger partial charge in [-0.15, -0.1) is 0 Å². The number of nitrogens with zero attached hydrogens (tertiary/aromatic N) is 3. The third-order valence-corrected chi connectivity index (χ3v) is 5.83. The van der Waals surface area contributed by atoms with Gasteiger partial charge in [-0.05, 0) is 48.6 Å². The predicted molar refractivity (Wildman–Crippen MR) is 147 cm³/mol. The molecule has 0 unspecified atom stereocenters. The highest BCUT2D eigenvalue weighted by Gasteiger charge is 2.23. The number of hydrogen-bond donors (Lipinski definition) is 1. The maximum atomic E-state index is 13.2. The van der Waals surface area contributed by atoms with E-state index in [1.54, 1.807) is 15.7 Å². The second-order valence-electron chi connectivity index (χ2n) is 10.7. The van der Waals surface area contributed by atoms with Crippen LogP contribution >= 0.6 is 0 Å². The molecular formula is C30H38N4O2. The van der Waals surface area contributed by atoms with Gasteiger partial charge in [0.1, 0.15) is 12.4 Å². The Morgan fingerprint density at radius 1 is 1.06 bits per heavy atom. The summed E-state index contributed by atoms with van der Waals surface area (Å²) in [7, 11) is 0. The third kappa shape index (κ3) is 7.67. The summed E-state index contributed by atoms with van der Waals surface area (Å²) in [6.07, 6.45) is 4.14. The van der Waals surface area contributed by atoms with E-state index in [-0.39, 0.29) is 23.8 Å². The number of carbonyl (C=O) groups is 2. The molecule has 0 bridgehead atoms.